The van der Waals surface area contributed by atoms with E-state index >= 15 is 0 Å². The molecule has 11 nitrogen and oxygen atoms in total. The van der Waals surface area contributed by atoms with Crippen LogP contribution in [0.4, 0.5) is 5.82 Å². The van der Waals surface area contributed by atoms with Crippen molar-refractivity contribution in [3.8, 4) is 0 Å². The number of carboxylic acids is 1. The zero-order valence-electron chi connectivity index (χ0n) is 19.6. The van der Waals surface area contributed by atoms with Crippen molar-refractivity contribution in [2.45, 2.75) is 31.7 Å². The number of nitrogens with two attached hydrogens (primary N) is 1. The number of carboxylic acid groups (broad SMARTS) is 1. The molecule has 0 aromatic carbocycles. The molecule has 0 saturated heterocycles. The number of pyridine rings is 2. The molecule has 1 atom stereocenters. The van der Waals surface area contributed by atoms with Gasteiger partial charge in [-0.25, -0.2) is 9.78 Å². The third-order valence-electron chi connectivity index (χ3n) is 5.18. The summed E-state index contributed by atoms with van der Waals surface area (Å²) in [5.41, 5.74) is 4.10. The van der Waals surface area contributed by atoms with Gasteiger partial charge in [-0.05, 0) is 57.0 Å². The van der Waals surface area contributed by atoms with Crippen LogP contribution in [0.25, 0.3) is 0 Å². The largest absolute Gasteiger partial charge is 0.479 e. The monoisotopic (exact) mass is 482 g/mol. The van der Waals surface area contributed by atoms with Crippen LogP contribution in [0.1, 0.15) is 31.9 Å². The summed E-state index contributed by atoms with van der Waals surface area (Å²) < 4.78 is 0. The molecule has 2 heterocycles. The summed E-state index contributed by atoms with van der Waals surface area (Å²) in [6.07, 6.45) is 3.83. The predicted molar refractivity (Wildman–Crippen MR) is 129 cm³/mol. The van der Waals surface area contributed by atoms with Gasteiger partial charge >= 0.3 is 5.97 Å². The molecule has 35 heavy (non-hydrogen) atoms. The number of amides is 3. The van der Waals surface area contributed by atoms with Gasteiger partial charge in [-0.15, -0.1) is 0 Å². The van der Waals surface area contributed by atoms with Crippen molar-refractivity contribution in [1.82, 2.24) is 20.6 Å². The first-order chi connectivity index (χ1) is 16.7. The third kappa shape index (κ3) is 6.93. The van der Waals surface area contributed by atoms with Crippen molar-refractivity contribution in [3.63, 3.8) is 0 Å². The van der Waals surface area contributed by atoms with Crippen LogP contribution in [0.2, 0.25) is 0 Å². The lowest BCUT2D eigenvalue weighted by atomic mass is 9.85. The van der Waals surface area contributed by atoms with E-state index in [0.717, 1.165) is 4.90 Å². The molecule has 2 aromatic rings. The highest BCUT2D eigenvalue weighted by Gasteiger charge is 2.50. The lowest BCUT2D eigenvalue weighted by Crippen LogP contribution is -2.58. The molecule has 0 aliphatic carbocycles. The van der Waals surface area contributed by atoms with Crippen LogP contribution in [0.15, 0.2) is 60.9 Å². The summed E-state index contributed by atoms with van der Waals surface area (Å²) in [4.78, 5) is 59.7. The fourth-order valence-corrected chi connectivity index (χ4v) is 3.45. The number of anilines is 1. The van der Waals surface area contributed by atoms with E-state index in [0.29, 0.717) is 19.4 Å². The van der Waals surface area contributed by atoms with Gasteiger partial charge in [0, 0.05) is 18.0 Å². The average molecular weight is 483 g/mol. The minimum atomic E-state index is -1.90. The Balaban J connectivity index is 2.43. The Hall–Kier alpha value is -4.12. The summed E-state index contributed by atoms with van der Waals surface area (Å²) in [5, 5.41) is 15.3. The van der Waals surface area contributed by atoms with Crippen molar-refractivity contribution in [2.24, 2.45) is 5.73 Å². The van der Waals surface area contributed by atoms with Crippen LogP contribution in [0, 0.1) is 0 Å². The fourth-order valence-electron chi connectivity index (χ4n) is 3.45. The Morgan fingerprint density at radius 3 is 2.26 bits per heavy atom. The smallest absolute Gasteiger partial charge is 0.336 e. The lowest BCUT2D eigenvalue weighted by Gasteiger charge is -2.39. The summed E-state index contributed by atoms with van der Waals surface area (Å²) in [6, 6.07) is 9.58. The number of aliphatic carboxylic acids is 1. The lowest BCUT2D eigenvalue weighted by molar-refractivity contribution is -0.146. The van der Waals surface area contributed by atoms with Gasteiger partial charge in [0.25, 0.3) is 0 Å². The number of hydrogen-bond acceptors (Lipinski definition) is 7. The van der Waals surface area contributed by atoms with Crippen LogP contribution >= 0.6 is 0 Å². The quantitative estimate of drug-likeness (QED) is 0.239. The Kier molecular flexibility index (Phi) is 10.0. The molecule has 5 N–H and O–H groups in total. The molecule has 0 aliphatic rings. The summed E-state index contributed by atoms with van der Waals surface area (Å²) >= 11 is 0. The zero-order chi connectivity index (χ0) is 25.8. The first-order valence-electron chi connectivity index (χ1n) is 11.0. The minimum absolute atomic E-state index is 0.0154. The summed E-state index contributed by atoms with van der Waals surface area (Å²) in [6.45, 7) is 4.43. The number of rotatable bonds is 13. The van der Waals surface area contributed by atoms with Gasteiger partial charge in [0.1, 0.15) is 5.82 Å². The molecule has 0 radical (unpaired) electrons. The van der Waals surface area contributed by atoms with E-state index in [4.69, 9.17) is 5.73 Å². The van der Waals surface area contributed by atoms with E-state index in [1.54, 1.807) is 24.3 Å². The third-order valence-corrected chi connectivity index (χ3v) is 5.18. The van der Waals surface area contributed by atoms with E-state index < -0.39 is 35.8 Å². The van der Waals surface area contributed by atoms with Crippen LogP contribution in [-0.4, -0.2) is 58.4 Å². The Bertz CT molecular complexity index is 1050. The van der Waals surface area contributed by atoms with Crippen molar-refractivity contribution in [1.29, 1.82) is 0 Å². The number of nitrogens with one attached hydrogen (secondary N) is 2. The Morgan fingerprint density at radius 1 is 1.03 bits per heavy atom. The van der Waals surface area contributed by atoms with Crippen molar-refractivity contribution >= 4 is 29.5 Å². The maximum absolute atomic E-state index is 13.5. The normalized spacial score (nSPS) is 12.2. The first-order valence-corrected chi connectivity index (χ1v) is 11.0. The van der Waals surface area contributed by atoms with Crippen molar-refractivity contribution in [2.75, 3.05) is 24.5 Å². The second kappa shape index (κ2) is 12.9. The predicted octanol–water partition coefficient (Wildman–Crippen LogP) is 0.727. The van der Waals surface area contributed by atoms with Crippen molar-refractivity contribution in [3.05, 3.63) is 66.6 Å². The number of unbranched alkanes of at least 4 members (excludes halogenated alkanes) is 1. The molecule has 2 aromatic heterocycles. The van der Waals surface area contributed by atoms with E-state index in [-0.39, 0.29) is 30.1 Å². The molecule has 0 spiro atoms. The number of nitrogens with zero attached hydrogens (tertiary/aromatic N) is 3. The van der Waals surface area contributed by atoms with Crippen LogP contribution in [0.5, 0.6) is 0 Å². The zero-order valence-corrected chi connectivity index (χ0v) is 19.6. The summed E-state index contributed by atoms with van der Waals surface area (Å²) in [7, 11) is 0. The molecular formula is C24H30N6O5. The summed E-state index contributed by atoms with van der Waals surface area (Å²) in [5.74, 6) is -3.06. The fraction of sp³-hybridized carbons (Fsp3) is 0.333. The van der Waals surface area contributed by atoms with E-state index in [9.17, 15) is 24.3 Å². The molecule has 2 rings (SSSR count). The molecule has 11 heteroatoms. The number of hydrogen-bond donors (Lipinski definition) is 4. The molecule has 0 aliphatic heterocycles. The van der Waals surface area contributed by atoms with Crippen molar-refractivity contribution < 1.29 is 24.3 Å². The second-order valence-corrected chi connectivity index (χ2v) is 7.78. The highest BCUT2D eigenvalue weighted by Crippen LogP contribution is 2.36. The molecule has 3 amide bonds. The molecule has 0 bridgehead atoms. The first kappa shape index (κ1) is 27.1. The molecule has 0 fully saturated rings. The SMILES string of the molecule is C=C(C)C(=O)NCC(=O)NCC(=O)N(c1ccccn1)C(CCCCN)(C(=O)O)c1ccccn1. The van der Waals surface area contributed by atoms with Crippen LogP contribution in [0.3, 0.4) is 0 Å². The highest BCUT2D eigenvalue weighted by atomic mass is 16.4. The van der Waals surface area contributed by atoms with Crippen LogP contribution in [-0.2, 0) is 24.7 Å². The average Bonchev–Trinajstić information content (AvgIpc) is 2.86. The number of aromatic nitrogens is 2. The molecule has 0 saturated carbocycles. The molecule has 1 unspecified atom stereocenters. The van der Waals surface area contributed by atoms with Gasteiger partial charge in [0.05, 0.1) is 18.8 Å². The van der Waals surface area contributed by atoms with Gasteiger partial charge in [-0.3, -0.25) is 24.3 Å². The number of carbonyl (C=O) groups excluding carboxylic acids is 3. The Morgan fingerprint density at radius 2 is 1.71 bits per heavy atom. The van der Waals surface area contributed by atoms with E-state index in [2.05, 4.69) is 27.2 Å². The van der Waals surface area contributed by atoms with E-state index in [1.165, 1.54) is 31.5 Å². The van der Waals surface area contributed by atoms with Crippen LogP contribution < -0.4 is 21.3 Å². The topological polar surface area (TPSA) is 168 Å². The standard InChI is InChI=1S/C24H30N6O5/c1-17(2)22(33)29-15-20(31)28-16-21(32)30(19-10-4-8-14-27-19)24(23(34)35,11-5-6-12-25)18-9-3-7-13-26-18/h3-4,7-10,13-14H,1,5-6,11-12,15-16,25H2,2H3,(H,28,31)(H,29,33)(H,34,35). The van der Waals surface area contributed by atoms with E-state index in [1.807, 2.05) is 0 Å². The van der Waals surface area contributed by atoms with Gasteiger partial charge in [-0.2, -0.15) is 0 Å². The second-order valence-electron chi connectivity index (χ2n) is 7.78. The van der Waals surface area contributed by atoms with Gasteiger partial charge in [0.2, 0.25) is 17.7 Å². The molecular weight excluding hydrogens is 452 g/mol. The maximum atomic E-state index is 13.5. The van der Waals surface area contributed by atoms with Gasteiger partial charge in [0.15, 0.2) is 5.54 Å². The minimum Gasteiger partial charge on any atom is -0.479 e. The van der Waals surface area contributed by atoms with Gasteiger partial charge < -0.3 is 21.5 Å². The molecule has 186 valence electrons. The maximum Gasteiger partial charge on any atom is 0.336 e. The number of carbonyl (C=O) groups is 4. The highest BCUT2D eigenvalue weighted by molar-refractivity contribution is 6.03. The van der Waals surface area contributed by atoms with Gasteiger partial charge in [-0.1, -0.05) is 18.7 Å². The Labute approximate surface area is 203 Å².